The second-order valence-corrected chi connectivity index (χ2v) is 5.12. The van der Waals surface area contributed by atoms with E-state index in [0.717, 1.165) is 17.1 Å². The van der Waals surface area contributed by atoms with Gasteiger partial charge in [0.1, 0.15) is 0 Å². The number of amides is 1. The summed E-state index contributed by atoms with van der Waals surface area (Å²) in [7, 11) is 0. The Hall–Kier alpha value is -1.46. The summed E-state index contributed by atoms with van der Waals surface area (Å²) in [5.74, 6) is -0.205. The number of rotatable bonds is 4. The van der Waals surface area contributed by atoms with Gasteiger partial charge in [-0.15, -0.1) is 11.3 Å². The van der Waals surface area contributed by atoms with Crippen LogP contribution in [0, 0.1) is 6.92 Å². The molecule has 0 aliphatic rings. The fourth-order valence-electron chi connectivity index (χ4n) is 1.45. The molecule has 0 saturated heterocycles. The van der Waals surface area contributed by atoms with Crippen LogP contribution in [0.3, 0.4) is 0 Å². The molecule has 0 atom stereocenters. The maximum Gasteiger partial charge on any atom is 0.254 e. The van der Waals surface area contributed by atoms with E-state index in [2.05, 4.69) is 15.3 Å². The lowest BCUT2D eigenvalue weighted by atomic mass is 10.2. The summed E-state index contributed by atoms with van der Waals surface area (Å²) in [6, 6.07) is 1.68. The third-order valence-corrected chi connectivity index (χ3v) is 3.49. The molecule has 0 saturated carbocycles. The first-order valence-corrected chi connectivity index (χ1v) is 6.71. The third kappa shape index (κ3) is 3.27. The van der Waals surface area contributed by atoms with Crippen molar-refractivity contribution in [3.8, 4) is 0 Å². The van der Waals surface area contributed by atoms with Crippen LogP contribution < -0.4 is 5.32 Å². The zero-order chi connectivity index (χ0) is 13.0. The van der Waals surface area contributed by atoms with Crippen LogP contribution in [-0.4, -0.2) is 22.4 Å². The van der Waals surface area contributed by atoms with Crippen molar-refractivity contribution in [1.82, 2.24) is 15.3 Å². The molecule has 4 nitrogen and oxygen atoms in total. The zero-order valence-corrected chi connectivity index (χ0v) is 11.4. The van der Waals surface area contributed by atoms with E-state index in [-0.39, 0.29) is 5.91 Å². The molecule has 2 aromatic heterocycles. The van der Waals surface area contributed by atoms with Crippen LogP contribution >= 0.6 is 22.9 Å². The lowest BCUT2D eigenvalue weighted by Crippen LogP contribution is -2.26. The molecule has 0 spiro atoms. The Balaban J connectivity index is 1.91. The number of carbonyl (C=O) groups excluding carboxylic acids is 1. The highest BCUT2D eigenvalue weighted by molar-refractivity contribution is 7.09. The molecule has 0 radical (unpaired) electrons. The molecule has 6 heteroatoms. The third-order valence-electron chi connectivity index (χ3n) is 2.34. The van der Waals surface area contributed by atoms with E-state index < -0.39 is 0 Å². The first-order valence-electron chi connectivity index (χ1n) is 5.45. The van der Waals surface area contributed by atoms with Crippen LogP contribution in [0.5, 0.6) is 0 Å². The molecule has 94 valence electrons. The summed E-state index contributed by atoms with van der Waals surface area (Å²) in [5, 5.41) is 6.14. The molecular weight excluding hydrogens is 270 g/mol. The van der Waals surface area contributed by atoms with E-state index in [4.69, 9.17) is 11.6 Å². The predicted molar refractivity (Wildman–Crippen MR) is 72.1 cm³/mol. The van der Waals surface area contributed by atoms with Gasteiger partial charge in [0.2, 0.25) is 0 Å². The first-order chi connectivity index (χ1) is 8.66. The highest BCUT2D eigenvalue weighted by Crippen LogP contribution is 2.15. The maximum absolute atomic E-state index is 11.9. The van der Waals surface area contributed by atoms with Gasteiger partial charge in [0.15, 0.2) is 0 Å². The van der Waals surface area contributed by atoms with Gasteiger partial charge in [-0.2, -0.15) is 0 Å². The van der Waals surface area contributed by atoms with Crippen LogP contribution in [0.2, 0.25) is 5.02 Å². The quantitative estimate of drug-likeness (QED) is 0.937. The molecule has 0 aromatic carbocycles. The molecular formula is C12H12ClN3OS. The summed E-state index contributed by atoms with van der Waals surface area (Å²) < 4.78 is 0. The SMILES string of the molecule is Cc1cc(Cl)c(C(=O)NCCc2nccs2)cn1. The Labute approximate surface area is 114 Å². The van der Waals surface area contributed by atoms with Crippen molar-refractivity contribution in [3.05, 3.63) is 45.1 Å². The van der Waals surface area contributed by atoms with Gasteiger partial charge in [-0.1, -0.05) is 11.6 Å². The Morgan fingerprint density at radius 1 is 1.50 bits per heavy atom. The number of thiazole rings is 1. The molecule has 18 heavy (non-hydrogen) atoms. The molecule has 0 bridgehead atoms. The van der Waals surface area contributed by atoms with Gasteiger partial charge in [-0.05, 0) is 13.0 Å². The lowest BCUT2D eigenvalue weighted by molar-refractivity contribution is 0.0954. The van der Waals surface area contributed by atoms with Crippen molar-refractivity contribution in [2.45, 2.75) is 13.3 Å². The fourth-order valence-corrected chi connectivity index (χ4v) is 2.36. The van der Waals surface area contributed by atoms with Gasteiger partial charge >= 0.3 is 0 Å². The van der Waals surface area contributed by atoms with E-state index in [1.807, 2.05) is 12.3 Å². The number of hydrogen-bond donors (Lipinski definition) is 1. The molecule has 1 N–H and O–H groups in total. The Bertz CT molecular complexity index is 542. The van der Waals surface area contributed by atoms with Crippen molar-refractivity contribution in [2.24, 2.45) is 0 Å². The second kappa shape index (κ2) is 5.93. The second-order valence-electron chi connectivity index (χ2n) is 3.74. The average Bonchev–Trinajstić information content (AvgIpc) is 2.81. The topological polar surface area (TPSA) is 54.9 Å². The smallest absolute Gasteiger partial charge is 0.254 e. The molecule has 0 aliphatic heterocycles. The van der Waals surface area contributed by atoms with Crippen LogP contribution in [0.4, 0.5) is 0 Å². The predicted octanol–water partition coefficient (Wildman–Crippen LogP) is 2.47. The van der Waals surface area contributed by atoms with Crippen LogP contribution in [0.25, 0.3) is 0 Å². The molecule has 2 aromatic rings. The molecule has 2 heterocycles. The number of hydrogen-bond acceptors (Lipinski definition) is 4. The molecule has 1 amide bonds. The number of carbonyl (C=O) groups is 1. The monoisotopic (exact) mass is 281 g/mol. The maximum atomic E-state index is 11.9. The number of aryl methyl sites for hydroxylation is 1. The van der Waals surface area contributed by atoms with Crippen LogP contribution in [0.15, 0.2) is 23.8 Å². The average molecular weight is 282 g/mol. The van der Waals surface area contributed by atoms with Gasteiger partial charge in [0.25, 0.3) is 5.91 Å². The normalized spacial score (nSPS) is 10.3. The van der Waals surface area contributed by atoms with E-state index in [9.17, 15) is 4.79 Å². The van der Waals surface area contributed by atoms with Gasteiger partial charge in [0, 0.05) is 36.4 Å². The number of pyridine rings is 1. The summed E-state index contributed by atoms with van der Waals surface area (Å²) in [6.45, 7) is 2.37. The standard InChI is InChI=1S/C12H12ClN3OS/c1-8-6-10(13)9(7-16-8)12(17)15-3-2-11-14-4-5-18-11/h4-7H,2-3H2,1H3,(H,15,17). The first kappa shape index (κ1) is 13.0. The van der Waals surface area contributed by atoms with Crippen LogP contribution in [-0.2, 0) is 6.42 Å². The minimum atomic E-state index is -0.205. The van der Waals surface area contributed by atoms with Crippen molar-refractivity contribution >= 4 is 28.8 Å². The minimum Gasteiger partial charge on any atom is -0.352 e. The van der Waals surface area contributed by atoms with Crippen molar-refractivity contribution in [3.63, 3.8) is 0 Å². The molecule has 0 aliphatic carbocycles. The Morgan fingerprint density at radius 2 is 2.33 bits per heavy atom. The van der Waals surface area contributed by atoms with Gasteiger partial charge in [-0.25, -0.2) is 4.98 Å². The Morgan fingerprint density at radius 3 is 3.00 bits per heavy atom. The van der Waals surface area contributed by atoms with Gasteiger partial charge in [0.05, 0.1) is 15.6 Å². The fraction of sp³-hybridized carbons (Fsp3) is 0.250. The molecule has 0 unspecified atom stereocenters. The van der Waals surface area contributed by atoms with E-state index in [0.29, 0.717) is 17.1 Å². The van der Waals surface area contributed by atoms with Crippen molar-refractivity contribution in [1.29, 1.82) is 0 Å². The number of halogens is 1. The van der Waals surface area contributed by atoms with E-state index in [1.165, 1.54) is 6.20 Å². The van der Waals surface area contributed by atoms with Crippen LogP contribution in [0.1, 0.15) is 21.1 Å². The largest absolute Gasteiger partial charge is 0.352 e. The minimum absolute atomic E-state index is 0.205. The van der Waals surface area contributed by atoms with E-state index in [1.54, 1.807) is 23.6 Å². The molecule has 2 rings (SSSR count). The van der Waals surface area contributed by atoms with Gasteiger partial charge in [-0.3, -0.25) is 9.78 Å². The zero-order valence-electron chi connectivity index (χ0n) is 9.81. The van der Waals surface area contributed by atoms with E-state index >= 15 is 0 Å². The highest BCUT2D eigenvalue weighted by Gasteiger charge is 2.10. The summed E-state index contributed by atoms with van der Waals surface area (Å²) in [4.78, 5) is 20.1. The number of nitrogens with zero attached hydrogens (tertiary/aromatic N) is 2. The summed E-state index contributed by atoms with van der Waals surface area (Å²) >= 11 is 7.57. The Kier molecular flexibility index (Phi) is 4.28. The van der Waals surface area contributed by atoms with Crippen molar-refractivity contribution in [2.75, 3.05) is 6.54 Å². The molecule has 0 fully saturated rings. The number of aromatic nitrogens is 2. The summed E-state index contributed by atoms with van der Waals surface area (Å²) in [5.41, 5.74) is 1.20. The highest BCUT2D eigenvalue weighted by atomic mass is 35.5. The lowest BCUT2D eigenvalue weighted by Gasteiger charge is -2.05. The van der Waals surface area contributed by atoms with Crippen molar-refractivity contribution < 1.29 is 4.79 Å². The number of nitrogens with one attached hydrogen (secondary N) is 1. The summed E-state index contributed by atoms with van der Waals surface area (Å²) in [6.07, 6.45) is 3.97. The van der Waals surface area contributed by atoms with Gasteiger partial charge < -0.3 is 5.32 Å².